The molecule has 0 bridgehead atoms. The third kappa shape index (κ3) is 3.20. The van der Waals surface area contributed by atoms with E-state index in [1.807, 2.05) is 0 Å². The molecule has 1 aromatic carbocycles. The van der Waals surface area contributed by atoms with E-state index in [0.717, 1.165) is 0 Å². The van der Waals surface area contributed by atoms with Gasteiger partial charge in [0.2, 0.25) is 0 Å². The van der Waals surface area contributed by atoms with E-state index in [4.69, 9.17) is 0 Å². The van der Waals surface area contributed by atoms with E-state index >= 15 is 0 Å². The molecule has 0 saturated carbocycles. The maximum atomic E-state index is 13.4. The normalized spacial score (nSPS) is 10.5. The van der Waals surface area contributed by atoms with Crippen molar-refractivity contribution in [2.45, 2.75) is 0 Å². The Balaban J connectivity index is 1.81. The van der Waals surface area contributed by atoms with E-state index in [1.54, 1.807) is 30.5 Å². The fourth-order valence-electron chi connectivity index (χ4n) is 1.93. The lowest BCUT2D eigenvalue weighted by Crippen LogP contribution is -2.12. The highest BCUT2D eigenvalue weighted by Crippen LogP contribution is 2.24. The second-order valence-electron chi connectivity index (χ2n) is 4.52. The van der Waals surface area contributed by atoms with Crippen LogP contribution in [-0.4, -0.2) is 21.1 Å². The number of pyridine rings is 1. The van der Waals surface area contributed by atoms with Gasteiger partial charge < -0.3 is 5.32 Å². The molecule has 2 aromatic heterocycles. The van der Waals surface area contributed by atoms with Gasteiger partial charge in [-0.3, -0.25) is 14.9 Å². The van der Waals surface area contributed by atoms with E-state index in [2.05, 4.69) is 36.4 Å². The van der Waals surface area contributed by atoms with E-state index in [0.29, 0.717) is 27.1 Å². The maximum Gasteiger partial charge on any atom is 0.258 e. The summed E-state index contributed by atoms with van der Waals surface area (Å²) in [6, 6.07) is 9.46. The van der Waals surface area contributed by atoms with Crippen molar-refractivity contribution >= 4 is 27.7 Å². The number of hydrogen-bond acceptors (Lipinski definition) is 3. The van der Waals surface area contributed by atoms with E-state index in [9.17, 15) is 9.18 Å². The zero-order chi connectivity index (χ0) is 15.5. The number of nitrogens with zero attached hydrogens (tertiary/aromatic N) is 2. The van der Waals surface area contributed by atoms with Crippen LogP contribution in [0.5, 0.6) is 0 Å². The predicted molar refractivity (Wildman–Crippen MR) is 83.9 cm³/mol. The minimum Gasteiger partial charge on any atom is -0.305 e. The van der Waals surface area contributed by atoms with Crippen molar-refractivity contribution in [3.05, 3.63) is 64.6 Å². The summed E-state index contributed by atoms with van der Waals surface area (Å²) in [7, 11) is 0. The number of anilines is 1. The van der Waals surface area contributed by atoms with Crippen molar-refractivity contribution in [1.82, 2.24) is 15.2 Å². The first-order valence-corrected chi connectivity index (χ1v) is 7.14. The molecule has 110 valence electrons. The monoisotopic (exact) mass is 360 g/mol. The number of hydrogen-bond donors (Lipinski definition) is 2. The summed E-state index contributed by atoms with van der Waals surface area (Å²) in [4.78, 5) is 15.9. The smallest absolute Gasteiger partial charge is 0.258 e. The lowest BCUT2D eigenvalue weighted by Gasteiger charge is -2.00. The molecule has 2 heterocycles. The van der Waals surface area contributed by atoms with Crippen molar-refractivity contribution in [3.63, 3.8) is 0 Å². The number of aromatic amines is 1. The summed E-state index contributed by atoms with van der Waals surface area (Å²) in [5, 5.41) is 9.42. The molecule has 22 heavy (non-hydrogen) atoms. The largest absolute Gasteiger partial charge is 0.305 e. The Morgan fingerprint density at radius 3 is 2.86 bits per heavy atom. The minimum atomic E-state index is -0.361. The van der Waals surface area contributed by atoms with Gasteiger partial charge in [-0.25, -0.2) is 4.39 Å². The number of halogens is 2. The Morgan fingerprint density at radius 2 is 2.14 bits per heavy atom. The average Bonchev–Trinajstić information content (AvgIpc) is 2.96. The Labute approximate surface area is 133 Å². The molecule has 7 heteroatoms. The van der Waals surface area contributed by atoms with Gasteiger partial charge in [0, 0.05) is 28.5 Å². The quantitative estimate of drug-likeness (QED) is 0.749. The molecular weight excluding hydrogens is 351 g/mol. The number of amides is 1. The molecule has 0 spiro atoms. The number of aromatic nitrogens is 3. The second-order valence-corrected chi connectivity index (χ2v) is 5.44. The van der Waals surface area contributed by atoms with Crippen LogP contribution < -0.4 is 5.32 Å². The molecular formula is C15H10BrFN4O. The van der Waals surface area contributed by atoms with Crippen LogP contribution in [0.2, 0.25) is 0 Å². The SMILES string of the molecule is O=C(Nc1cc(-c2cc(F)cc(Br)c2)[nH]n1)c1cccnc1. The Bertz CT molecular complexity index is 799. The van der Waals surface area contributed by atoms with Crippen LogP contribution in [0, 0.1) is 5.82 Å². The standard InChI is InChI=1S/C15H10BrFN4O/c16-11-4-10(5-12(17)6-11)13-7-14(21-20-13)19-15(22)9-2-1-3-18-8-9/h1-8H,(H2,19,20,21,22). The summed E-state index contributed by atoms with van der Waals surface area (Å²) in [6.45, 7) is 0. The average molecular weight is 361 g/mol. The molecule has 3 rings (SSSR count). The van der Waals surface area contributed by atoms with Gasteiger partial charge >= 0.3 is 0 Å². The van der Waals surface area contributed by atoms with Crippen LogP contribution in [0.4, 0.5) is 10.2 Å². The van der Waals surface area contributed by atoms with Crippen LogP contribution in [-0.2, 0) is 0 Å². The number of nitrogens with one attached hydrogen (secondary N) is 2. The first kappa shape index (κ1) is 14.4. The van der Waals surface area contributed by atoms with Crippen molar-refractivity contribution in [2.24, 2.45) is 0 Å². The Hall–Kier alpha value is -2.54. The molecule has 0 saturated heterocycles. The number of rotatable bonds is 3. The summed E-state index contributed by atoms with van der Waals surface area (Å²) >= 11 is 3.24. The molecule has 0 aliphatic heterocycles. The molecule has 0 unspecified atom stereocenters. The lowest BCUT2D eigenvalue weighted by atomic mass is 10.1. The van der Waals surface area contributed by atoms with Gasteiger partial charge in [0.1, 0.15) is 5.82 Å². The van der Waals surface area contributed by atoms with Gasteiger partial charge in [-0.05, 0) is 30.3 Å². The lowest BCUT2D eigenvalue weighted by molar-refractivity contribution is 0.102. The van der Waals surface area contributed by atoms with E-state index in [-0.39, 0.29) is 11.7 Å². The van der Waals surface area contributed by atoms with Gasteiger partial charge in [-0.1, -0.05) is 15.9 Å². The van der Waals surface area contributed by atoms with Crippen molar-refractivity contribution in [2.75, 3.05) is 5.32 Å². The van der Waals surface area contributed by atoms with Crippen LogP contribution in [0.3, 0.4) is 0 Å². The van der Waals surface area contributed by atoms with Crippen LogP contribution in [0.25, 0.3) is 11.3 Å². The maximum absolute atomic E-state index is 13.4. The van der Waals surface area contributed by atoms with Gasteiger partial charge in [-0.2, -0.15) is 5.10 Å². The zero-order valence-corrected chi connectivity index (χ0v) is 12.8. The van der Waals surface area contributed by atoms with Crippen LogP contribution >= 0.6 is 15.9 Å². The molecule has 2 N–H and O–H groups in total. The molecule has 0 fully saturated rings. The first-order chi connectivity index (χ1) is 10.6. The highest BCUT2D eigenvalue weighted by Gasteiger charge is 2.10. The fourth-order valence-corrected chi connectivity index (χ4v) is 2.39. The summed E-state index contributed by atoms with van der Waals surface area (Å²) in [6.07, 6.45) is 3.05. The van der Waals surface area contributed by atoms with Crippen molar-refractivity contribution in [3.8, 4) is 11.3 Å². The summed E-state index contributed by atoms with van der Waals surface area (Å²) in [5.41, 5.74) is 1.66. The topological polar surface area (TPSA) is 70.7 Å². The van der Waals surface area contributed by atoms with Gasteiger partial charge in [0.15, 0.2) is 5.82 Å². The highest BCUT2D eigenvalue weighted by molar-refractivity contribution is 9.10. The molecule has 0 radical (unpaired) electrons. The number of carbonyl (C=O) groups is 1. The van der Waals surface area contributed by atoms with E-state index in [1.165, 1.54) is 18.3 Å². The van der Waals surface area contributed by atoms with Crippen molar-refractivity contribution in [1.29, 1.82) is 0 Å². The second kappa shape index (κ2) is 6.07. The molecule has 0 aliphatic carbocycles. The van der Waals surface area contributed by atoms with Gasteiger partial charge in [0.05, 0.1) is 11.3 Å². The summed E-state index contributed by atoms with van der Waals surface area (Å²) in [5.74, 6) is -0.323. The molecule has 3 aromatic rings. The summed E-state index contributed by atoms with van der Waals surface area (Å²) < 4.78 is 14.0. The number of H-pyrrole nitrogens is 1. The first-order valence-electron chi connectivity index (χ1n) is 6.35. The van der Waals surface area contributed by atoms with Gasteiger partial charge in [0.25, 0.3) is 5.91 Å². The predicted octanol–water partition coefficient (Wildman–Crippen LogP) is 3.63. The Morgan fingerprint density at radius 1 is 1.27 bits per heavy atom. The molecule has 1 amide bonds. The Kier molecular flexibility index (Phi) is 3.97. The zero-order valence-electron chi connectivity index (χ0n) is 11.2. The van der Waals surface area contributed by atoms with Crippen LogP contribution in [0.15, 0.2) is 53.3 Å². The fraction of sp³-hybridized carbons (Fsp3) is 0. The molecule has 5 nitrogen and oxygen atoms in total. The molecule has 0 atom stereocenters. The molecule has 0 aliphatic rings. The third-order valence-corrected chi connectivity index (χ3v) is 3.37. The number of carbonyl (C=O) groups excluding carboxylic acids is 1. The van der Waals surface area contributed by atoms with Crippen LogP contribution in [0.1, 0.15) is 10.4 Å². The highest BCUT2D eigenvalue weighted by atomic mass is 79.9. The minimum absolute atomic E-state index is 0.313. The third-order valence-electron chi connectivity index (χ3n) is 2.92. The van der Waals surface area contributed by atoms with Crippen molar-refractivity contribution < 1.29 is 9.18 Å². The van der Waals surface area contributed by atoms with E-state index < -0.39 is 0 Å². The number of benzene rings is 1. The van der Waals surface area contributed by atoms with Gasteiger partial charge in [-0.15, -0.1) is 0 Å².